The zero-order valence-corrected chi connectivity index (χ0v) is 16.9. The molecule has 1 amide bonds. The van der Waals surface area contributed by atoms with E-state index < -0.39 is 10.8 Å². The second-order valence-electron chi connectivity index (χ2n) is 7.11. The van der Waals surface area contributed by atoms with E-state index in [2.05, 4.69) is 9.88 Å². The van der Waals surface area contributed by atoms with Gasteiger partial charge in [0.1, 0.15) is 17.3 Å². The second-order valence-corrected chi connectivity index (χ2v) is 7.11. The number of nitriles is 1. The maximum atomic E-state index is 12.7. The second kappa shape index (κ2) is 8.98. The van der Waals surface area contributed by atoms with Crippen LogP contribution in [0.15, 0.2) is 90.6 Å². The molecule has 0 atom stereocenters. The zero-order valence-electron chi connectivity index (χ0n) is 16.9. The van der Waals surface area contributed by atoms with Crippen LogP contribution >= 0.6 is 0 Å². The average Bonchev–Trinajstić information content (AvgIpc) is 3.15. The fraction of sp³-hybridized carbons (Fsp3) is 0.0400. The third kappa shape index (κ3) is 4.25. The largest absolute Gasteiger partial charge is 0.342 e. The maximum Gasteiger partial charge on any atom is 0.292 e. The first-order chi connectivity index (χ1) is 15.6. The lowest BCUT2D eigenvalue weighted by molar-refractivity contribution is -0.383. The fourth-order valence-corrected chi connectivity index (χ4v) is 3.53. The third-order valence-electron chi connectivity index (χ3n) is 5.03. The Hall–Kier alpha value is -4.70. The van der Waals surface area contributed by atoms with Gasteiger partial charge in [0.2, 0.25) is 0 Å². The van der Waals surface area contributed by atoms with Gasteiger partial charge in [-0.3, -0.25) is 14.9 Å². The topological polar surface area (TPSA) is 101 Å². The average molecular weight is 422 g/mol. The minimum absolute atomic E-state index is 0.0372. The Morgan fingerprint density at radius 3 is 2.47 bits per heavy atom. The number of carbonyl (C=O) groups excluding carboxylic acids is 1. The molecule has 0 aliphatic carbocycles. The summed E-state index contributed by atoms with van der Waals surface area (Å²) in [6.45, 7) is 0.638. The SMILES string of the molecule is N#C/C(=C\c1cn(Cc2ccccc2)c2ccccc12)C(=O)Nc1ccccc1[N+](=O)[O-]. The first-order valence-electron chi connectivity index (χ1n) is 9.85. The Balaban J connectivity index is 1.69. The molecule has 1 N–H and O–H groups in total. The van der Waals surface area contributed by atoms with Crippen molar-refractivity contribution < 1.29 is 9.72 Å². The van der Waals surface area contributed by atoms with Gasteiger partial charge in [0.25, 0.3) is 11.6 Å². The molecule has 1 aromatic heterocycles. The number of rotatable bonds is 6. The van der Waals surface area contributed by atoms with Gasteiger partial charge in [-0.05, 0) is 23.8 Å². The highest BCUT2D eigenvalue weighted by Gasteiger charge is 2.18. The van der Waals surface area contributed by atoms with E-state index >= 15 is 0 Å². The molecule has 0 aliphatic rings. The van der Waals surface area contributed by atoms with Gasteiger partial charge in [-0.25, -0.2) is 0 Å². The smallest absolute Gasteiger partial charge is 0.292 e. The summed E-state index contributed by atoms with van der Waals surface area (Å²) in [5, 5.41) is 24.2. The van der Waals surface area contributed by atoms with Gasteiger partial charge in [0, 0.05) is 35.3 Å². The molecular formula is C25H18N4O3. The van der Waals surface area contributed by atoms with Crippen LogP contribution in [-0.4, -0.2) is 15.4 Å². The van der Waals surface area contributed by atoms with Gasteiger partial charge in [0.15, 0.2) is 0 Å². The van der Waals surface area contributed by atoms with E-state index in [0.717, 1.165) is 16.5 Å². The molecule has 0 radical (unpaired) electrons. The van der Waals surface area contributed by atoms with Gasteiger partial charge in [-0.15, -0.1) is 0 Å². The molecule has 0 aliphatic heterocycles. The van der Waals surface area contributed by atoms with Gasteiger partial charge in [-0.1, -0.05) is 60.7 Å². The normalized spacial score (nSPS) is 11.2. The number of hydrogen-bond donors (Lipinski definition) is 1. The number of nitrogens with zero attached hydrogens (tertiary/aromatic N) is 3. The predicted octanol–water partition coefficient (Wildman–Crippen LogP) is 5.14. The highest BCUT2D eigenvalue weighted by atomic mass is 16.6. The molecule has 4 rings (SSSR count). The molecule has 0 fully saturated rings. The molecule has 7 nitrogen and oxygen atoms in total. The van der Waals surface area contributed by atoms with Crippen LogP contribution in [-0.2, 0) is 11.3 Å². The quantitative estimate of drug-likeness (QED) is 0.201. The summed E-state index contributed by atoms with van der Waals surface area (Å²) in [5.41, 5.74) is 2.46. The number of nitro benzene ring substituents is 1. The minimum Gasteiger partial charge on any atom is -0.342 e. The first-order valence-corrected chi connectivity index (χ1v) is 9.85. The summed E-state index contributed by atoms with van der Waals surface area (Å²) in [6, 6.07) is 25.4. The molecule has 0 unspecified atom stereocenters. The number of benzene rings is 3. The standard InChI is InChI=1S/C25H18N4O3/c26-15-19(25(30)27-22-11-5-7-13-24(22)29(31)32)14-20-17-28(16-18-8-2-1-3-9-18)23-12-6-4-10-21(20)23/h1-14,17H,16H2,(H,27,30)/b19-14+. The summed E-state index contributed by atoms with van der Waals surface area (Å²) in [6.07, 6.45) is 3.40. The Morgan fingerprint density at radius 2 is 1.72 bits per heavy atom. The molecule has 0 spiro atoms. The molecular weight excluding hydrogens is 404 g/mol. The summed E-state index contributed by atoms with van der Waals surface area (Å²) >= 11 is 0. The van der Waals surface area contributed by atoms with Crippen molar-refractivity contribution in [2.45, 2.75) is 6.54 Å². The van der Waals surface area contributed by atoms with Crippen molar-refractivity contribution in [1.82, 2.24) is 4.57 Å². The van der Waals surface area contributed by atoms with Crippen molar-refractivity contribution in [3.05, 3.63) is 112 Å². The lowest BCUT2D eigenvalue weighted by atomic mass is 10.1. The van der Waals surface area contributed by atoms with Crippen molar-refractivity contribution in [2.24, 2.45) is 0 Å². The monoisotopic (exact) mass is 422 g/mol. The van der Waals surface area contributed by atoms with Crippen LogP contribution in [0.4, 0.5) is 11.4 Å². The van der Waals surface area contributed by atoms with Crippen LogP contribution in [0.5, 0.6) is 0 Å². The lowest BCUT2D eigenvalue weighted by Crippen LogP contribution is -2.14. The summed E-state index contributed by atoms with van der Waals surface area (Å²) in [7, 11) is 0. The van der Waals surface area contributed by atoms with E-state index in [4.69, 9.17) is 0 Å². The number of nitrogens with one attached hydrogen (secondary N) is 1. The van der Waals surface area contributed by atoms with E-state index in [1.165, 1.54) is 24.3 Å². The molecule has 0 bridgehead atoms. The molecule has 7 heteroatoms. The van der Waals surface area contributed by atoms with Crippen molar-refractivity contribution in [2.75, 3.05) is 5.32 Å². The van der Waals surface area contributed by atoms with E-state index in [9.17, 15) is 20.2 Å². The van der Waals surface area contributed by atoms with E-state index in [1.807, 2.05) is 66.9 Å². The molecule has 156 valence electrons. The first kappa shape index (κ1) is 20.6. The highest BCUT2D eigenvalue weighted by molar-refractivity contribution is 6.11. The van der Waals surface area contributed by atoms with Crippen LogP contribution in [0.25, 0.3) is 17.0 Å². The molecule has 0 saturated carbocycles. The Morgan fingerprint density at radius 1 is 1.03 bits per heavy atom. The lowest BCUT2D eigenvalue weighted by Gasteiger charge is -2.05. The third-order valence-corrected chi connectivity index (χ3v) is 5.03. The van der Waals surface area contributed by atoms with Crippen molar-refractivity contribution in [1.29, 1.82) is 5.26 Å². The number of anilines is 1. The molecule has 1 heterocycles. The number of carbonyl (C=O) groups is 1. The van der Waals surface area contributed by atoms with Crippen LogP contribution < -0.4 is 5.32 Å². The number of amides is 1. The Kier molecular flexibility index (Phi) is 5.77. The molecule has 32 heavy (non-hydrogen) atoms. The predicted molar refractivity (Wildman–Crippen MR) is 123 cm³/mol. The summed E-state index contributed by atoms with van der Waals surface area (Å²) in [5.74, 6) is -0.707. The van der Waals surface area contributed by atoms with Crippen molar-refractivity contribution in [3.8, 4) is 6.07 Å². The van der Waals surface area contributed by atoms with Gasteiger partial charge in [-0.2, -0.15) is 5.26 Å². The van der Waals surface area contributed by atoms with Crippen LogP contribution in [0, 0.1) is 21.4 Å². The van der Waals surface area contributed by atoms with Gasteiger partial charge < -0.3 is 9.88 Å². The number of aromatic nitrogens is 1. The van der Waals surface area contributed by atoms with Gasteiger partial charge >= 0.3 is 0 Å². The number of para-hydroxylation sites is 3. The summed E-state index contributed by atoms with van der Waals surface area (Å²) in [4.78, 5) is 23.3. The minimum atomic E-state index is -0.707. The Labute approximate surface area is 184 Å². The summed E-state index contributed by atoms with van der Waals surface area (Å²) < 4.78 is 2.06. The maximum absolute atomic E-state index is 12.7. The number of nitro groups is 1. The van der Waals surface area contributed by atoms with Crippen LogP contribution in [0.3, 0.4) is 0 Å². The Bertz CT molecular complexity index is 1380. The fourth-order valence-electron chi connectivity index (χ4n) is 3.53. The number of fused-ring (bicyclic) bond motifs is 1. The van der Waals surface area contributed by atoms with E-state index in [0.29, 0.717) is 12.1 Å². The van der Waals surface area contributed by atoms with Crippen molar-refractivity contribution in [3.63, 3.8) is 0 Å². The number of hydrogen-bond acceptors (Lipinski definition) is 4. The molecule has 0 saturated heterocycles. The van der Waals surface area contributed by atoms with Gasteiger partial charge in [0.05, 0.1) is 4.92 Å². The van der Waals surface area contributed by atoms with Crippen LogP contribution in [0.2, 0.25) is 0 Å². The molecule has 4 aromatic rings. The van der Waals surface area contributed by atoms with E-state index in [1.54, 1.807) is 6.07 Å². The van der Waals surface area contributed by atoms with E-state index in [-0.39, 0.29) is 16.9 Å². The molecule has 3 aromatic carbocycles. The van der Waals surface area contributed by atoms with Crippen LogP contribution in [0.1, 0.15) is 11.1 Å². The highest BCUT2D eigenvalue weighted by Crippen LogP contribution is 2.26. The van der Waals surface area contributed by atoms with Crippen molar-refractivity contribution >= 4 is 34.3 Å². The zero-order chi connectivity index (χ0) is 22.5.